The normalized spacial score (nSPS) is 9.83. The zero-order chi connectivity index (χ0) is 13.5. The lowest BCUT2D eigenvalue weighted by atomic mass is 10.2. The van der Waals surface area contributed by atoms with Crippen molar-refractivity contribution in [3.8, 4) is 0 Å². The molecular weight excluding hydrogens is 254 g/mol. The molecule has 0 unspecified atom stereocenters. The summed E-state index contributed by atoms with van der Waals surface area (Å²) in [5.74, 6) is -0.772. The summed E-state index contributed by atoms with van der Waals surface area (Å²) in [4.78, 5) is 32.7. The van der Waals surface area contributed by atoms with Crippen molar-refractivity contribution in [2.75, 3.05) is 11.1 Å². The third kappa shape index (κ3) is 5.01. The number of benzene rings is 1. The summed E-state index contributed by atoms with van der Waals surface area (Å²) in [7, 11) is 0. The van der Waals surface area contributed by atoms with E-state index in [-0.39, 0.29) is 23.0 Å². The molecule has 96 valence electrons. The van der Waals surface area contributed by atoms with E-state index in [1.807, 2.05) is 0 Å². The standard InChI is InChI=1S/C12H13NO4S/c1-8(14)18-7-6-11(15)13-10-4-2-9(3-5-10)12(16)17/h2-5H,6-7H2,1H3,(H,13,15)(H,16,17). The fraction of sp³-hybridized carbons (Fsp3) is 0.250. The van der Waals surface area contributed by atoms with Crippen LogP contribution in [0, 0.1) is 0 Å². The van der Waals surface area contributed by atoms with Crippen molar-refractivity contribution in [1.82, 2.24) is 0 Å². The second-order valence-corrected chi connectivity index (χ2v) is 4.79. The van der Waals surface area contributed by atoms with Gasteiger partial charge in [0, 0.05) is 24.8 Å². The number of anilines is 1. The smallest absolute Gasteiger partial charge is 0.335 e. The molecule has 0 aliphatic heterocycles. The number of carboxylic acid groups (broad SMARTS) is 1. The molecule has 0 saturated heterocycles. The summed E-state index contributed by atoms with van der Waals surface area (Å²) in [6.45, 7) is 1.45. The van der Waals surface area contributed by atoms with E-state index in [1.165, 1.54) is 31.2 Å². The Morgan fingerprint density at radius 2 is 1.83 bits per heavy atom. The van der Waals surface area contributed by atoms with Gasteiger partial charge in [-0.2, -0.15) is 0 Å². The van der Waals surface area contributed by atoms with Crippen LogP contribution < -0.4 is 5.32 Å². The molecule has 0 spiro atoms. The first-order chi connectivity index (χ1) is 8.49. The Labute approximate surface area is 109 Å². The largest absolute Gasteiger partial charge is 0.478 e. The van der Waals surface area contributed by atoms with Crippen LogP contribution in [0.3, 0.4) is 0 Å². The van der Waals surface area contributed by atoms with Crippen LogP contribution in [0.1, 0.15) is 23.7 Å². The van der Waals surface area contributed by atoms with Gasteiger partial charge in [0.1, 0.15) is 0 Å². The first-order valence-corrected chi connectivity index (χ1v) is 6.24. The van der Waals surface area contributed by atoms with Crippen LogP contribution in [0.5, 0.6) is 0 Å². The van der Waals surface area contributed by atoms with E-state index in [1.54, 1.807) is 0 Å². The molecule has 0 aliphatic rings. The summed E-state index contributed by atoms with van der Waals surface area (Å²) in [6, 6.07) is 5.89. The van der Waals surface area contributed by atoms with Crippen LogP contribution in [0.25, 0.3) is 0 Å². The fourth-order valence-corrected chi connectivity index (χ4v) is 1.78. The summed E-state index contributed by atoms with van der Waals surface area (Å²) in [5.41, 5.74) is 0.706. The maximum Gasteiger partial charge on any atom is 0.335 e. The second kappa shape index (κ2) is 6.80. The number of amides is 1. The molecule has 0 aliphatic carbocycles. The fourth-order valence-electron chi connectivity index (χ4n) is 1.21. The molecule has 1 rings (SSSR count). The number of hydrogen-bond acceptors (Lipinski definition) is 4. The number of thioether (sulfide) groups is 1. The monoisotopic (exact) mass is 267 g/mol. The molecule has 6 heteroatoms. The Kier molecular flexibility index (Phi) is 5.38. The van der Waals surface area contributed by atoms with Crippen molar-refractivity contribution in [3.63, 3.8) is 0 Å². The lowest BCUT2D eigenvalue weighted by Gasteiger charge is -2.04. The predicted molar refractivity (Wildman–Crippen MR) is 69.8 cm³/mol. The molecule has 1 aromatic rings. The quantitative estimate of drug-likeness (QED) is 0.852. The average molecular weight is 267 g/mol. The van der Waals surface area contributed by atoms with Gasteiger partial charge in [-0.15, -0.1) is 0 Å². The van der Waals surface area contributed by atoms with Gasteiger partial charge in [-0.3, -0.25) is 9.59 Å². The average Bonchev–Trinajstić information content (AvgIpc) is 2.29. The number of rotatable bonds is 5. The Morgan fingerprint density at radius 3 is 2.33 bits per heavy atom. The third-order valence-electron chi connectivity index (χ3n) is 2.05. The molecule has 2 N–H and O–H groups in total. The molecule has 1 amide bonds. The molecule has 0 atom stereocenters. The summed E-state index contributed by atoms with van der Waals surface area (Å²) in [5, 5.41) is 11.3. The summed E-state index contributed by atoms with van der Waals surface area (Å²) < 4.78 is 0. The molecule has 18 heavy (non-hydrogen) atoms. The first kappa shape index (κ1) is 14.2. The van der Waals surface area contributed by atoms with Crippen LogP contribution in [0.15, 0.2) is 24.3 Å². The highest BCUT2D eigenvalue weighted by molar-refractivity contribution is 8.13. The maximum atomic E-state index is 11.5. The second-order valence-electron chi connectivity index (χ2n) is 3.52. The van der Waals surface area contributed by atoms with Gasteiger partial charge < -0.3 is 10.4 Å². The molecule has 1 aromatic carbocycles. The minimum absolute atomic E-state index is 0.0198. The summed E-state index contributed by atoms with van der Waals surface area (Å²) >= 11 is 1.10. The van der Waals surface area contributed by atoms with Crippen LogP contribution in [0.4, 0.5) is 5.69 Å². The lowest BCUT2D eigenvalue weighted by molar-refractivity contribution is -0.115. The van der Waals surface area contributed by atoms with Gasteiger partial charge in [-0.1, -0.05) is 11.8 Å². The number of carboxylic acids is 1. The predicted octanol–water partition coefficient (Wildman–Crippen LogP) is 1.99. The van der Waals surface area contributed by atoms with E-state index in [0.717, 1.165) is 11.8 Å². The molecule has 0 radical (unpaired) electrons. The van der Waals surface area contributed by atoms with E-state index < -0.39 is 5.97 Å². The Hall–Kier alpha value is -1.82. The molecule has 0 fully saturated rings. The Balaban J connectivity index is 2.44. The van der Waals surface area contributed by atoms with Crippen molar-refractivity contribution in [1.29, 1.82) is 0 Å². The molecule has 0 saturated carbocycles. The lowest BCUT2D eigenvalue weighted by Crippen LogP contribution is -2.12. The van der Waals surface area contributed by atoms with Gasteiger partial charge >= 0.3 is 5.97 Å². The Morgan fingerprint density at radius 1 is 1.22 bits per heavy atom. The van der Waals surface area contributed by atoms with Crippen molar-refractivity contribution < 1.29 is 19.5 Å². The third-order valence-corrected chi connectivity index (χ3v) is 2.86. The van der Waals surface area contributed by atoms with Crippen molar-refractivity contribution >= 4 is 34.4 Å². The SMILES string of the molecule is CC(=O)SCCC(=O)Nc1ccc(C(=O)O)cc1. The van der Waals surface area contributed by atoms with Gasteiger partial charge in [-0.25, -0.2) is 4.79 Å². The van der Waals surface area contributed by atoms with Gasteiger partial charge in [0.2, 0.25) is 5.91 Å². The molecule has 0 aromatic heterocycles. The zero-order valence-corrected chi connectivity index (χ0v) is 10.6. The molecular formula is C12H13NO4S. The van der Waals surface area contributed by atoms with Crippen LogP contribution in [-0.2, 0) is 9.59 Å². The van der Waals surface area contributed by atoms with Crippen molar-refractivity contribution in [2.24, 2.45) is 0 Å². The topological polar surface area (TPSA) is 83.5 Å². The number of carbonyl (C=O) groups excluding carboxylic acids is 2. The zero-order valence-electron chi connectivity index (χ0n) is 9.80. The van der Waals surface area contributed by atoms with Crippen molar-refractivity contribution in [2.45, 2.75) is 13.3 Å². The van der Waals surface area contributed by atoms with E-state index in [9.17, 15) is 14.4 Å². The Bertz CT molecular complexity index is 456. The highest BCUT2D eigenvalue weighted by Gasteiger charge is 2.05. The summed E-state index contributed by atoms with van der Waals surface area (Å²) in [6.07, 6.45) is 0.241. The van der Waals surface area contributed by atoms with Crippen LogP contribution in [-0.4, -0.2) is 27.9 Å². The highest BCUT2D eigenvalue weighted by atomic mass is 32.2. The van der Waals surface area contributed by atoms with E-state index >= 15 is 0 Å². The highest BCUT2D eigenvalue weighted by Crippen LogP contribution is 2.11. The number of carbonyl (C=O) groups is 3. The van der Waals surface area contributed by atoms with Gasteiger partial charge in [0.05, 0.1) is 5.56 Å². The molecule has 0 heterocycles. The van der Waals surface area contributed by atoms with E-state index in [4.69, 9.17) is 5.11 Å². The van der Waals surface area contributed by atoms with E-state index in [0.29, 0.717) is 11.4 Å². The van der Waals surface area contributed by atoms with Crippen LogP contribution >= 0.6 is 11.8 Å². The van der Waals surface area contributed by atoms with Crippen molar-refractivity contribution in [3.05, 3.63) is 29.8 Å². The van der Waals surface area contributed by atoms with Crippen LogP contribution in [0.2, 0.25) is 0 Å². The van der Waals surface area contributed by atoms with Gasteiger partial charge in [0.15, 0.2) is 5.12 Å². The van der Waals surface area contributed by atoms with E-state index in [2.05, 4.69) is 5.32 Å². The number of nitrogens with one attached hydrogen (secondary N) is 1. The minimum atomic E-state index is -1.01. The number of hydrogen-bond donors (Lipinski definition) is 2. The van der Waals surface area contributed by atoms with Gasteiger partial charge in [-0.05, 0) is 24.3 Å². The maximum absolute atomic E-state index is 11.5. The van der Waals surface area contributed by atoms with Gasteiger partial charge in [0.25, 0.3) is 0 Å². The minimum Gasteiger partial charge on any atom is -0.478 e. The molecule has 0 bridgehead atoms. The first-order valence-electron chi connectivity index (χ1n) is 5.25. The molecule has 5 nitrogen and oxygen atoms in total. The number of aromatic carboxylic acids is 1.